The Balaban J connectivity index is 2.22. The summed E-state index contributed by atoms with van der Waals surface area (Å²) in [5, 5.41) is 9.37. The number of hydrogen-bond donors (Lipinski definition) is 2. The number of anilines is 1. The van der Waals surface area contributed by atoms with Crippen LogP contribution in [0.15, 0.2) is 18.2 Å². The standard InChI is InChI=1S/C13H19NO5/c1-17-5-2-6-18-7-8-19-13(16)10-3-4-11(14)12(15)9-10/h3-4,9,15H,2,5-8,14H2,1H3. The second-order valence-corrected chi connectivity index (χ2v) is 3.87. The number of methoxy groups -OCH3 is 1. The zero-order valence-corrected chi connectivity index (χ0v) is 10.9. The minimum absolute atomic E-state index is 0.134. The fourth-order valence-electron chi connectivity index (χ4n) is 1.35. The first-order valence-corrected chi connectivity index (χ1v) is 5.97. The van der Waals surface area contributed by atoms with Gasteiger partial charge < -0.3 is 25.1 Å². The molecule has 19 heavy (non-hydrogen) atoms. The molecule has 0 bridgehead atoms. The monoisotopic (exact) mass is 269 g/mol. The predicted octanol–water partition coefficient (Wildman–Crippen LogP) is 1.18. The number of carbonyl (C=O) groups excluding carboxylic acids is 1. The summed E-state index contributed by atoms with van der Waals surface area (Å²) >= 11 is 0. The Kier molecular flexibility index (Phi) is 6.70. The molecule has 6 nitrogen and oxygen atoms in total. The van der Waals surface area contributed by atoms with Gasteiger partial charge in [0.25, 0.3) is 0 Å². The minimum Gasteiger partial charge on any atom is -0.506 e. The van der Waals surface area contributed by atoms with Gasteiger partial charge in [-0.2, -0.15) is 0 Å². The van der Waals surface area contributed by atoms with E-state index in [-0.39, 0.29) is 23.6 Å². The van der Waals surface area contributed by atoms with E-state index in [1.807, 2.05) is 0 Å². The molecule has 3 N–H and O–H groups in total. The maximum absolute atomic E-state index is 11.6. The Hall–Kier alpha value is -1.79. The molecule has 6 heteroatoms. The molecule has 0 aromatic heterocycles. The van der Waals surface area contributed by atoms with Crippen molar-refractivity contribution in [2.24, 2.45) is 0 Å². The van der Waals surface area contributed by atoms with Crippen LogP contribution >= 0.6 is 0 Å². The van der Waals surface area contributed by atoms with Gasteiger partial charge in [0.15, 0.2) is 0 Å². The highest BCUT2D eigenvalue weighted by Crippen LogP contribution is 2.20. The SMILES string of the molecule is COCCCOCCOC(=O)c1ccc(N)c(O)c1. The molecule has 1 rings (SSSR count). The fraction of sp³-hybridized carbons (Fsp3) is 0.462. The number of aromatic hydroxyl groups is 1. The molecule has 0 saturated carbocycles. The highest BCUT2D eigenvalue weighted by Gasteiger charge is 2.09. The number of ether oxygens (including phenoxy) is 3. The first-order chi connectivity index (χ1) is 9.15. The first kappa shape index (κ1) is 15.3. The number of hydrogen-bond acceptors (Lipinski definition) is 6. The van der Waals surface area contributed by atoms with Crippen LogP contribution in [0.3, 0.4) is 0 Å². The lowest BCUT2D eigenvalue weighted by Gasteiger charge is -2.07. The van der Waals surface area contributed by atoms with Crippen molar-refractivity contribution in [1.29, 1.82) is 0 Å². The number of rotatable bonds is 8. The number of nitrogens with two attached hydrogens (primary N) is 1. The number of esters is 1. The van der Waals surface area contributed by atoms with Crippen LogP contribution in [0.4, 0.5) is 5.69 Å². The van der Waals surface area contributed by atoms with Gasteiger partial charge in [-0.3, -0.25) is 0 Å². The van der Waals surface area contributed by atoms with E-state index in [1.54, 1.807) is 7.11 Å². The molecule has 0 unspecified atom stereocenters. The average Bonchev–Trinajstić information content (AvgIpc) is 2.40. The lowest BCUT2D eigenvalue weighted by molar-refractivity contribution is 0.0288. The van der Waals surface area contributed by atoms with Crippen molar-refractivity contribution in [3.8, 4) is 5.75 Å². The molecule has 0 aliphatic rings. The zero-order valence-electron chi connectivity index (χ0n) is 10.9. The van der Waals surface area contributed by atoms with Crippen molar-refractivity contribution in [3.63, 3.8) is 0 Å². The first-order valence-electron chi connectivity index (χ1n) is 5.97. The topological polar surface area (TPSA) is 91.0 Å². The molecule has 1 aromatic rings. The molecule has 0 spiro atoms. The molecule has 106 valence electrons. The van der Waals surface area contributed by atoms with E-state index >= 15 is 0 Å². The van der Waals surface area contributed by atoms with E-state index in [4.69, 9.17) is 19.9 Å². The summed E-state index contributed by atoms with van der Waals surface area (Å²) in [5.74, 6) is -0.652. The van der Waals surface area contributed by atoms with Crippen LogP contribution in [0.25, 0.3) is 0 Å². The van der Waals surface area contributed by atoms with Crippen molar-refractivity contribution in [1.82, 2.24) is 0 Å². The quantitative estimate of drug-likeness (QED) is 0.319. The van der Waals surface area contributed by atoms with Crippen molar-refractivity contribution >= 4 is 11.7 Å². The number of phenols is 1. The number of nitrogen functional groups attached to an aromatic ring is 1. The summed E-state index contributed by atoms with van der Waals surface area (Å²) in [5.41, 5.74) is 5.91. The van der Waals surface area contributed by atoms with Gasteiger partial charge in [0.2, 0.25) is 0 Å². The Morgan fingerprint density at radius 2 is 2.05 bits per heavy atom. The summed E-state index contributed by atoms with van der Waals surface area (Å²) in [4.78, 5) is 11.6. The lowest BCUT2D eigenvalue weighted by Crippen LogP contribution is -2.11. The van der Waals surface area contributed by atoms with Gasteiger partial charge in [-0.1, -0.05) is 0 Å². The minimum atomic E-state index is -0.518. The van der Waals surface area contributed by atoms with Gasteiger partial charge in [-0.15, -0.1) is 0 Å². The van der Waals surface area contributed by atoms with E-state index in [0.29, 0.717) is 19.8 Å². The second-order valence-electron chi connectivity index (χ2n) is 3.87. The van der Waals surface area contributed by atoms with Crippen LogP contribution in [0, 0.1) is 0 Å². The van der Waals surface area contributed by atoms with E-state index < -0.39 is 5.97 Å². The van der Waals surface area contributed by atoms with Crippen molar-refractivity contribution in [2.75, 3.05) is 39.3 Å². The number of benzene rings is 1. The molecule has 0 heterocycles. The Labute approximate surface area is 112 Å². The highest BCUT2D eigenvalue weighted by atomic mass is 16.6. The predicted molar refractivity (Wildman–Crippen MR) is 70.1 cm³/mol. The fourth-order valence-corrected chi connectivity index (χ4v) is 1.35. The lowest BCUT2D eigenvalue weighted by atomic mass is 10.2. The maximum atomic E-state index is 11.6. The van der Waals surface area contributed by atoms with Crippen LogP contribution in [-0.4, -0.2) is 44.6 Å². The van der Waals surface area contributed by atoms with Crippen LogP contribution in [0.5, 0.6) is 5.75 Å². The Bertz CT molecular complexity index is 408. The highest BCUT2D eigenvalue weighted by molar-refractivity contribution is 5.90. The molecule has 0 aliphatic carbocycles. The summed E-state index contributed by atoms with van der Waals surface area (Å²) in [6.45, 7) is 1.70. The summed E-state index contributed by atoms with van der Waals surface area (Å²) < 4.78 is 15.1. The van der Waals surface area contributed by atoms with Crippen molar-refractivity contribution in [3.05, 3.63) is 23.8 Å². The largest absolute Gasteiger partial charge is 0.506 e. The van der Waals surface area contributed by atoms with Gasteiger partial charge in [-0.25, -0.2) is 4.79 Å². The summed E-state index contributed by atoms with van der Waals surface area (Å²) in [6.07, 6.45) is 0.802. The molecule has 0 atom stereocenters. The van der Waals surface area contributed by atoms with Crippen LogP contribution in [-0.2, 0) is 14.2 Å². The zero-order chi connectivity index (χ0) is 14.1. The molecule has 1 aromatic carbocycles. The van der Waals surface area contributed by atoms with Gasteiger partial charge in [0.1, 0.15) is 12.4 Å². The van der Waals surface area contributed by atoms with Gasteiger partial charge in [0, 0.05) is 20.3 Å². The van der Waals surface area contributed by atoms with E-state index in [1.165, 1.54) is 18.2 Å². The van der Waals surface area contributed by atoms with Crippen molar-refractivity contribution in [2.45, 2.75) is 6.42 Å². The maximum Gasteiger partial charge on any atom is 0.338 e. The Morgan fingerprint density at radius 3 is 2.74 bits per heavy atom. The van der Waals surface area contributed by atoms with Crippen LogP contribution in [0.1, 0.15) is 16.8 Å². The third-order valence-corrected chi connectivity index (χ3v) is 2.36. The van der Waals surface area contributed by atoms with Gasteiger partial charge in [0.05, 0.1) is 17.9 Å². The Morgan fingerprint density at radius 1 is 1.26 bits per heavy atom. The molecule has 0 saturated heterocycles. The number of carbonyl (C=O) groups is 1. The molecular formula is C13H19NO5. The normalized spacial score (nSPS) is 10.4. The van der Waals surface area contributed by atoms with E-state index in [9.17, 15) is 9.90 Å². The van der Waals surface area contributed by atoms with Crippen LogP contribution < -0.4 is 5.73 Å². The van der Waals surface area contributed by atoms with E-state index in [0.717, 1.165) is 6.42 Å². The smallest absolute Gasteiger partial charge is 0.338 e. The third-order valence-electron chi connectivity index (χ3n) is 2.36. The second kappa shape index (κ2) is 8.34. The van der Waals surface area contributed by atoms with Gasteiger partial charge >= 0.3 is 5.97 Å². The third kappa shape index (κ3) is 5.58. The summed E-state index contributed by atoms with van der Waals surface area (Å²) in [6, 6.07) is 4.22. The van der Waals surface area contributed by atoms with Gasteiger partial charge in [-0.05, 0) is 24.6 Å². The number of phenolic OH excluding ortho intramolecular Hbond substituents is 1. The molecular weight excluding hydrogens is 250 g/mol. The van der Waals surface area contributed by atoms with Crippen molar-refractivity contribution < 1.29 is 24.1 Å². The summed E-state index contributed by atoms with van der Waals surface area (Å²) in [7, 11) is 1.63. The average molecular weight is 269 g/mol. The van der Waals surface area contributed by atoms with Crippen LogP contribution in [0.2, 0.25) is 0 Å². The molecule has 0 aliphatic heterocycles. The van der Waals surface area contributed by atoms with E-state index in [2.05, 4.69) is 0 Å². The molecule has 0 amide bonds. The molecule has 0 radical (unpaired) electrons. The molecule has 0 fully saturated rings.